The molecule has 0 radical (unpaired) electrons. The molecule has 0 unspecified atom stereocenters. The molecule has 2 aliphatic heterocycles. The molecule has 4 rings (SSSR count). The molecule has 2 aromatic carbocycles. The summed E-state index contributed by atoms with van der Waals surface area (Å²) < 4.78 is 0. The van der Waals surface area contributed by atoms with Crippen LogP contribution in [-0.4, -0.2) is 54.8 Å². The fourth-order valence-corrected chi connectivity index (χ4v) is 4.30. The summed E-state index contributed by atoms with van der Waals surface area (Å²) in [6.45, 7) is 3.35. The Hall–Kier alpha value is -2.37. The van der Waals surface area contributed by atoms with Gasteiger partial charge in [-0.25, -0.2) is 0 Å². The average molecular weight is 412 g/mol. The predicted molar refractivity (Wildman–Crippen MR) is 115 cm³/mol. The first-order valence-electron chi connectivity index (χ1n) is 10.1. The second-order valence-electron chi connectivity index (χ2n) is 8.05. The van der Waals surface area contributed by atoms with E-state index in [1.165, 1.54) is 0 Å². The monoisotopic (exact) mass is 411 g/mol. The maximum absolute atomic E-state index is 13.2. The fraction of sp³-hybridized carbons (Fsp3) is 0.391. The topological polar surface area (TPSA) is 43.9 Å². The molecule has 1 fully saturated rings. The molecule has 0 bridgehead atoms. The first-order valence-corrected chi connectivity index (χ1v) is 10.5. The highest BCUT2D eigenvalue weighted by Gasteiger charge is 2.31. The highest BCUT2D eigenvalue weighted by atomic mass is 35.5. The minimum atomic E-state index is -0.147. The molecule has 2 heterocycles. The molecule has 5 nitrogen and oxygen atoms in total. The maximum Gasteiger partial charge on any atom is 0.254 e. The standard InChI is InChI=1S/C23H26ClN3O2/c1-25-12-10-17(11-13-25)14-27-21-5-3-2-4-19(21)15-26(16-22(27)28)23(29)18-6-8-20(24)9-7-18/h2-9,17H,10-16H2,1H3. The molecule has 2 aromatic rings. The number of piperidine rings is 1. The third kappa shape index (κ3) is 4.46. The van der Waals surface area contributed by atoms with E-state index in [2.05, 4.69) is 11.9 Å². The number of carbonyl (C=O) groups excluding carboxylic acids is 2. The number of benzene rings is 2. The van der Waals surface area contributed by atoms with Crippen LogP contribution in [0, 0.1) is 5.92 Å². The lowest BCUT2D eigenvalue weighted by Crippen LogP contribution is -2.43. The van der Waals surface area contributed by atoms with Gasteiger partial charge in [0.25, 0.3) is 5.91 Å². The van der Waals surface area contributed by atoms with E-state index >= 15 is 0 Å². The van der Waals surface area contributed by atoms with Gasteiger partial charge in [-0.05, 0) is 74.8 Å². The van der Waals surface area contributed by atoms with Gasteiger partial charge in [-0.2, -0.15) is 0 Å². The summed E-state index contributed by atoms with van der Waals surface area (Å²) in [6.07, 6.45) is 2.19. The summed E-state index contributed by atoms with van der Waals surface area (Å²) in [4.78, 5) is 32.2. The molecule has 29 heavy (non-hydrogen) atoms. The number of nitrogens with zero attached hydrogens (tertiary/aromatic N) is 3. The van der Waals surface area contributed by atoms with Crippen LogP contribution < -0.4 is 4.90 Å². The average Bonchev–Trinajstić information content (AvgIpc) is 2.86. The number of rotatable bonds is 3. The molecule has 152 valence electrons. The lowest BCUT2D eigenvalue weighted by Gasteiger charge is -2.33. The summed E-state index contributed by atoms with van der Waals surface area (Å²) in [5.41, 5.74) is 2.49. The number of halogens is 1. The zero-order chi connectivity index (χ0) is 20.4. The first kappa shape index (κ1) is 19.9. The van der Waals surface area contributed by atoms with Crippen LogP contribution in [0.3, 0.4) is 0 Å². The van der Waals surface area contributed by atoms with E-state index in [9.17, 15) is 9.59 Å². The van der Waals surface area contributed by atoms with Crippen LogP contribution in [0.2, 0.25) is 5.02 Å². The Labute approximate surface area is 176 Å². The van der Waals surface area contributed by atoms with Crippen LogP contribution in [0.5, 0.6) is 0 Å². The molecule has 0 atom stereocenters. The van der Waals surface area contributed by atoms with Crippen LogP contribution in [0.25, 0.3) is 0 Å². The summed E-state index contributed by atoms with van der Waals surface area (Å²) in [5.74, 6) is 0.323. The molecule has 6 heteroatoms. The van der Waals surface area contributed by atoms with Crippen LogP contribution >= 0.6 is 11.6 Å². The molecule has 0 N–H and O–H groups in total. The molecular formula is C23H26ClN3O2. The lowest BCUT2D eigenvalue weighted by molar-refractivity contribution is -0.119. The van der Waals surface area contributed by atoms with Gasteiger partial charge in [0.2, 0.25) is 5.91 Å². The van der Waals surface area contributed by atoms with Gasteiger partial charge >= 0.3 is 0 Å². The number of amides is 2. The van der Waals surface area contributed by atoms with Crippen LogP contribution in [0.4, 0.5) is 5.69 Å². The Kier molecular flexibility index (Phi) is 5.88. The molecule has 0 saturated carbocycles. The number of likely N-dealkylation sites (tertiary alicyclic amines) is 1. The largest absolute Gasteiger partial charge is 0.325 e. The number of hydrogen-bond acceptors (Lipinski definition) is 3. The van der Waals surface area contributed by atoms with E-state index in [1.807, 2.05) is 29.2 Å². The van der Waals surface area contributed by atoms with Crippen molar-refractivity contribution >= 4 is 29.1 Å². The Morgan fingerprint density at radius 1 is 1.03 bits per heavy atom. The maximum atomic E-state index is 13.2. The van der Waals surface area contributed by atoms with Gasteiger partial charge in [0.05, 0.1) is 0 Å². The SMILES string of the molecule is CN1CCC(CN2C(=O)CN(C(=O)c3ccc(Cl)cc3)Cc3ccccc32)CC1. The van der Waals surface area contributed by atoms with Crippen molar-refractivity contribution in [2.75, 3.05) is 38.1 Å². The number of hydrogen-bond donors (Lipinski definition) is 0. The van der Waals surface area contributed by atoms with Crippen LogP contribution in [0.15, 0.2) is 48.5 Å². The van der Waals surface area contributed by atoms with Crippen molar-refractivity contribution in [3.05, 3.63) is 64.7 Å². The molecule has 2 aliphatic rings. The van der Waals surface area contributed by atoms with E-state index in [0.717, 1.165) is 37.2 Å². The number of carbonyl (C=O) groups is 2. The summed E-state index contributed by atoms with van der Waals surface area (Å²) >= 11 is 5.95. The van der Waals surface area contributed by atoms with Crippen molar-refractivity contribution in [3.8, 4) is 0 Å². The Morgan fingerprint density at radius 3 is 2.45 bits per heavy atom. The predicted octanol–water partition coefficient (Wildman–Crippen LogP) is 3.67. The van der Waals surface area contributed by atoms with Gasteiger partial charge in [0, 0.05) is 29.4 Å². The first-order chi connectivity index (χ1) is 14.0. The highest BCUT2D eigenvalue weighted by molar-refractivity contribution is 6.30. The third-order valence-corrected chi connectivity index (χ3v) is 6.18. The zero-order valence-electron chi connectivity index (χ0n) is 16.7. The molecule has 1 saturated heterocycles. The lowest BCUT2D eigenvalue weighted by atomic mass is 9.96. The summed E-state index contributed by atoms with van der Waals surface area (Å²) in [5, 5.41) is 0.586. The normalized spacial score (nSPS) is 18.5. The Balaban J connectivity index is 1.58. The Morgan fingerprint density at radius 2 is 1.72 bits per heavy atom. The Bertz CT molecular complexity index is 891. The smallest absolute Gasteiger partial charge is 0.254 e. The van der Waals surface area contributed by atoms with E-state index in [0.29, 0.717) is 29.6 Å². The fourth-order valence-electron chi connectivity index (χ4n) is 4.17. The highest BCUT2D eigenvalue weighted by Crippen LogP contribution is 2.29. The minimum absolute atomic E-state index is 0.0174. The van der Waals surface area contributed by atoms with E-state index in [-0.39, 0.29) is 18.4 Å². The second kappa shape index (κ2) is 8.56. The van der Waals surface area contributed by atoms with Crippen LogP contribution in [-0.2, 0) is 11.3 Å². The van der Waals surface area contributed by atoms with Crippen molar-refractivity contribution in [1.29, 1.82) is 0 Å². The van der Waals surface area contributed by atoms with Gasteiger partial charge in [-0.3, -0.25) is 9.59 Å². The van der Waals surface area contributed by atoms with Gasteiger partial charge in [-0.1, -0.05) is 29.8 Å². The second-order valence-corrected chi connectivity index (χ2v) is 8.48. The van der Waals surface area contributed by atoms with Crippen molar-refractivity contribution in [1.82, 2.24) is 9.80 Å². The minimum Gasteiger partial charge on any atom is -0.325 e. The van der Waals surface area contributed by atoms with Gasteiger partial charge in [-0.15, -0.1) is 0 Å². The molecule has 0 aromatic heterocycles. The molecular weight excluding hydrogens is 386 g/mol. The molecule has 0 spiro atoms. The zero-order valence-corrected chi connectivity index (χ0v) is 17.4. The van der Waals surface area contributed by atoms with E-state index in [1.54, 1.807) is 29.2 Å². The van der Waals surface area contributed by atoms with E-state index in [4.69, 9.17) is 11.6 Å². The third-order valence-electron chi connectivity index (χ3n) is 5.93. The van der Waals surface area contributed by atoms with Crippen molar-refractivity contribution in [2.24, 2.45) is 5.92 Å². The molecule has 0 aliphatic carbocycles. The van der Waals surface area contributed by atoms with Crippen molar-refractivity contribution in [2.45, 2.75) is 19.4 Å². The summed E-state index contributed by atoms with van der Waals surface area (Å²) in [6, 6.07) is 14.8. The van der Waals surface area contributed by atoms with Crippen LogP contribution in [0.1, 0.15) is 28.8 Å². The quantitative estimate of drug-likeness (QED) is 0.774. The van der Waals surface area contributed by atoms with Crippen molar-refractivity contribution in [3.63, 3.8) is 0 Å². The summed E-state index contributed by atoms with van der Waals surface area (Å²) in [7, 11) is 2.14. The van der Waals surface area contributed by atoms with Gasteiger partial charge in [0.1, 0.15) is 6.54 Å². The van der Waals surface area contributed by atoms with Gasteiger partial charge in [0.15, 0.2) is 0 Å². The van der Waals surface area contributed by atoms with Gasteiger partial charge < -0.3 is 14.7 Å². The van der Waals surface area contributed by atoms with Crippen molar-refractivity contribution < 1.29 is 9.59 Å². The number of fused-ring (bicyclic) bond motifs is 1. The number of anilines is 1. The molecule has 2 amide bonds. The van der Waals surface area contributed by atoms with E-state index < -0.39 is 0 Å². The number of para-hydroxylation sites is 1.